The van der Waals surface area contributed by atoms with Crippen LogP contribution in [0.15, 0.2) is 12.1 Å². The standard InChI is InChI=1S/C11H18N2OS/c1-9-5-6-10(15-9)8-13-11(14)4-3-7-12-2/h5-6,12H,3-4,7-8H2,1-2H3,(H,13,14). The number of hydrogen-bond acceptors (Lipinski definition) is 3. The van der Waals surface area contributed by atoms with Gasteiger partial charge in [-0.2, -0.15) is 0 Å². The molecule has 3 nitrogen and oxygen atoms in total. The van der Waals surface area contributed by atoms with Gasteiger partial charge in [-0.05, 0) is 39.1 Å². The first kappa shape index (κ1) is 12.2. The Kier molecular flexibility index (Phi) is 5.36. The second-order valence-electron chi connectivity index (χ2n) is 3.50. The number of rotatable bonds is 6. The van der Waals surface area contributed by atoms with E-state index in [4.69, 9.17) is 0 Å². The molecule has 1 heterocycles. The normalized spacial score (nSPS) is 10.3. The molecule has 1 amide bonds. The summed E-state index contributed by atoms with van der Waals surface area (Å²) in [5.41, 5.74) is 0. The molecule has 0 radical (unpaired) electrons. The molecule has 1 aromatic heterocycles. The quantitative estimate of drug-likeness (QED) is 0.725. The summed E-state index contributed by atoms with van der Waals surface area (Å²) >= 11 is 1.73. The maximum absolute atomic E-state index is 11.4. The molecule has 2 N–H and O–H groups in total. The third-order valence-corrected chi connectivity index (χ3v) is 3.09. The first-order valence-electron chi connectivity index (χ1n) is 5.19. The molecule has 0 aliphatic carbocycles. The van der Waals surface area contributed by atoms with Gasteiger partial charge in [0, 0.05) is 16.2 Å². The number of thiophene rings is 1. The topological polar surface area (TPSA) is 41.1 Å². The number of carbonyl (C=O) groups is 1. The van der Waals surface area contributed by atoms with Crippen molar-refractivity contribution in [2.24, 2.45) is 0 Å². The fourth-order valence-electron chi connectivity index (χ4n) is 1.28. The third kappa shape index (κ3) is 4.95. The van der Waals surface area contributed by atoms with Crippen molar-refractivity contribution in [3.05, 3.63) is 21.9 Å². The van der Waals surface area contributed by atoms with Gasteiger partial charge >= 0.3 is 0 Å². The number of hydrogen-bond donors (Lipinski definition) is 2. The Hall–Kier alpha value is -0.870. The number of aryl methyl sites for hydroxylation is 1. The molecule has 1 rings (SSSR count). The maximum Gasteiger partial charge on any atom is 0.220 e. The molecule has 1 aromatic rings. The molecule has 0 aliphatic rings. The van der Waals surface area contributed by atoms with E-state index in [2.05, 4.69) is 29.7 Å². The van der Waals surface area contributed by atoms with Gasteiger partial charge in [-0.1, -0.05) is 0 Å². The highest BCUT2D eigenvalue weighted by molar-refractivity contribution is 7.11. The Morgan fingerprint density at radius 3 is 2.87 bits per heavy atom. The lowest BCUT2D eigenvalue weighted by Crippen LogP contribution is -2.23. The Morgan fingerprint density at radius 1 is 1.47 bits per heavy atom. The van der Waals surface area contributed by atoms with Crippen LogP contribution in [0.3, 0.4) is 0 Å². The zero-order chi connectivity index (χ0) is 11.1. The molecule has 0 bridgehead atoms. The van der Waals surface area contributed by atoms with Gasteiger partial charge < -0.3 is 10.6 Å². The summed E-state index contributed by atoms with van der Waals surface area (Å²) in [6.07, 6.45) is 1.50. The van der Waals surface area contributed by atoms with Crippen molar-refractivity contribution >= 4 is 17.2 Å². The first-order valence-corrected chi connectivity index (χ1v) is 6.00. The van der Waals surface area contributed by atoms with Crippen molar-refractivity contribution in [1.29, 1.82) is 0 Å². The summed E-state index contributed by atoms with van der Waals surface area (Å²) in [4.78, 5) is 13.9. The molecule has 0 unspecified atom stereocenters. The Balaban J connectivity index is 2.16. The van der Waals surface area contributed by atoms with Gasteiger partial charge in [0.05, 0.1) is 6.54 Å². The van der Waals surface area contributed by atoms with Crippen LogP contribution in [-0.4, -0.2) is 19.5 Å². The van der Waals surface area contributed by atoms with Crippen molar-refractivity contribution in [1.82, 2.24) is 10.6 Å². The van der Waals surface area contributed by atoms with E-state index in [1.165, 1.54) is 9.75 Å². The molecule has 0 atom stereocenters. The summed E-state index contributed by atoms with van der Waals surface area (Å²) in [7, 11) is 1.90. The third-order valence-electron chi connectivity index (χ3n) is 2.09. The van der Waals surface area contributed by atoms with Crippen molar-refractivity contribution < 1.29 is 4.79 Å². The monoisotopic (exact) mass is 226 g/mol. The van der Waals surface area contributed by atoms with Crippen LogP contribution in [0.2, 0.25) is 0 Å². The van der Waals surface area contributed by atoms with Gasteiger partial charge in [-0.15, -0.1) is 11.3 Å². The molecule has 0 aliphatic heterocycles. The van der Waals surface area contributed by atoms with E-state index in [0.29, 0.717) is 13.0 Å². The van der Waals surface area contributed by atoms with Crippen molar-refractivity contribution in [3.8, 4) is 0 Å². The van der Waals surface area contributed by atoms with Crippen LogP contribution >= 0.6 is 11.3 Å². The molecular weight excluding hydrogens is 208 g/mol. The number of nitrogens with one attached hydrogen (secondary N) is 2. The van der Waals surface area contributed by atoms with Crippen LogP contribution in [-0.2, 0) is 11.3 Å². The van der Waals surface area contributed by atoms with Crippen molar-refractivity contribution in [2.45, 2.75) is 26.3 Å². The lowest BCUT2D eigenvalue weighted by atomic mass is 10.3. The summed E-state index contributed by atoms with van der Waals surface area (Å²) in [6.45, 7) is 3.63. The van der Waals surface area contributed by atoms with E-state index >= 15 is 0 Å². The Morgan fingerprint density at radius 2 is 2.27 bits per heavy atom. The van der Waals surface area contributed by atoms with Gasteiger partial charge in [0.15, 0.2) is 0 Å². The average Bonchev–Trinajstić information content (AvgIpc) is 2.62. The van der Waals surface area contributed by atoms with Crippen molar-refractivity contribution in [2.75, 3.05) is 13.6 Å². The van der Waals surface area contributed by atoms with Gasteiger partial charge in [0.1, 0.15) is 0 Å². The minimum Gasteiger partial charge on any atom is -0.351 e. The molecule has 0 saturated carbocycles. The summed E-state index contributed by atoms with van der Waals surface area (Å²) in [6, 6.07) is 4.14. The predicted molar refractivity (Wildman–Crippen MR) is 64.1 cm³/mol. The van der Waals surface area contributed by atoms with E-state index in [1.54, 1.807) is 11.3 Å². The van der Waals surface area contributed by atoms with Gasteiger partial charge in [-0.3, -0.25) is 4.79 Å². The summed E-state index contributed by atoms with van der Waals surface area (Å²) in [5.74, 6) is 0.135. The summed E-state index contributed by atoms with van der Waals surface area (Å²) in [5, 5.41) is 5.94. The molecule has 0 spiro atoms. The zero-order valence-electron chi connectivity index (χ0n) is 9.30. The Labute approximate surface area is 94.9 Å². The highest BCUT2D eigenvalue weighted by atomic mass is 32.1. The Bertz CT molecular complexity index is 309. The van der Waals surface area contributed by atoms with Crippen LogP contribution in [0.1, 0.15) is 22.6 Å². The highest BCUT2D eigenvalue weighted by Crippen LogP contribution is 2.14. The molecule has 4 heteroatoms. The highest BCUT2D eigenvalue weighted by Gasteiger charge is 2.01. The van der Waals surface area contributed by atoms with Crippen LogP contribution in [0.5, 0.6) is 0 Å². The van der Waals surface area contributed by atoms with Gasteiger partial charge in [0.2, 0.25) is 5.91 Å². The minimum absolute atomic E-state index is 0.135. The maximum atomic E-state index is 11.4. The molecule has 0 fully saturated rings. The molecular formula is C11H18N2OS. The number of carbonyl (C=O) groups excluding carboxylic acids is 1. The van der Waals surface area contributed by atoms with Crippen LogP contribution in [0, 0.1) is 6.92 Å². The average molecular weight is 226 g/mol. The van der Waals surface area contributed by atoms with E-state index in [0.717, 1.165) is 13.0 Å². The fourth-order valence-corrected chi connectivity index (χ4v) is 2.11. The smallest absolute Gasteiger partial charge is 0.220 e. The van der Waals surface area contributed by atoms with Crippen LogP contribution in [0.4, 0.5) is 0 Å². The fraction of sp³-hybridized carbons (Fsp3) is 0.545. The van der Waals surface area contributed by atoms with Crippen molar-refractivity contribution in [3.63, 3.8) is 0 Å². The van der Waals surface area contributed by atoms with Crippen LogP contribution in [0.25, 0.3) is 0 Å². The lowest BCUT2D eigenvalue weighted by Gasteiger charge is -2.03. The number of amides is 1. The van der Waals surface area contributed by atoms with Crippen LogP contribution < -0.4 is 10.6 Å². The van der Waals surface area contributed by atoms with E-state index < -0.39 is 0 Å². The van der Waals surface area contributed by atoms with Gasteiger partial charge in [0.25, 0.3) is 0 Å². The minimum atomic E-state index is 0.135. The van der Waals surface area contributed by atoms with Gasteiger partial charge in [-0.25, -0.2) is 0 Å². The van der Waals surface area contributed by atoms with E-state index in [-0.39, 0.29) is 5.91 Å². The van der Waals surface area contributed by atoms with E-state index in [9.17, 15) is 4.79 Å². The molecule has 84 valence electrons. The lowest BCUT2D eigenvalue weighted by molar-refractivity contribution is -0.121. The van der Waals surface area contributed by atoms with E-state index in [1.807, 2.05) is 7.05 Å². The largest absolute Gasteiger partial charge is 0.351 e. The first-order chi connectivity index (χ1) is 7.22. The predicted octanol–water partition coefficient (Wildman–Crippen LogP) is 1.67. The second-order valence-corrected chi connectivity index (χ2v) is 4.87. The summed E-state index contributed by atoms with van der Waals surface area (Å²) < 4.78 is 0. The molecule has 15 heavy (non-hydrogen) atoms. The SMILES string of the molecule is CNCCCC(=O)NCc1ccc(C)s1. The molecule has 0 saturated heterocycles. The second kappa shape index (κ2) is 6.58. The molecule has 0 aromatic carbocycles. The zero-order valence-corrected chi connectivity index (χ0v) is 10.1.